The van der Waals surface area contributed by atoms with Gasteiger partial charge in [-0.25, -0.2) is 9.59 Å². The van der Waals surface area contributed by atoms with Gasteiger partial charge in [-0.2, -0.15) is 0 Å². The summed E-state index contributed by atoms with van der Waals surface area (Å²) in [7, 11) is 0. The van der Waals surface area contributed by atoms with Crippen molar-refractivity contribution < 1.29 is 58.2 Å². The van der Waals surface area contributed by atoms with Gasteiger partial charge in [0.05, 0.1) is 0 Å². The summed E-state index contributed by atoms with van der Waals surface area (Å²) in [6, 6.07) is -0.922. The highest BCUT2D eigenvalue weighted by Crippen LogP contribution is 2.41. The molecule has 2 aliphatic heterocycles. The van der Waals surface area contributed by atoms with Crippen LogP contribution in [0.3, 0.4) is 0 Å². The van der Waals surface area contributed by atoms with Gasteiger partial charge < -0.3 is 29.7 Å². The fourth-order valence-electron chi connectivity index (χ4n) is 5.49. The first-order valence-electron chi connectivity index (χ1n) is 15.2. The second-order valence-electron chi connectivity index (χ2n) is 11.6. The van der Waals surface area contributed by atoms with Crippen LogP contribution in [-0.2, 0) is 48.0 Å². The summed E-state index contributed by atoms with van der Waals surface area (Å²) in [5.74, 6) is -4.41. The Morgan fingerprint density at radius 1 is 0.711 bits per heavy atom. The zero-order valence-electron chi connectivity index (χ0n) is 25.9. The highest BCUT2D eigenvalue weighted by atomic mass is 16.7. The number of nitrogens with zero attached hydrogens (tertiary/aromatic N) is 4. The highest BCUT2D eigenvalue weighted by Gasteiger charge is 2.36. The molecule has 0 aliphatic carbocycles. The van der Waals surface area contributed by atoms with Crippen molar-refractivity contribution >= 4 is 48.4 Å². The van der Waals surface area contributed by atoms with Gasteiger partial charge in [0.25, 0.3) is 23.6 Å². The molecular formula is C29H44N4O12. The smallest absolute Gasteiger partial charge is 0.352 e. The first kappa shape index (κ1) is 37.3. The molecule has 0 radical (unpaired) electrons. The molecule has 252 valence electrons. The summed E-state index contributed by atoms with van der Waals surface area (Å²) in [5, 5.41) is 20.0. The first-order chi connectivity index (χ1) is 21.4. The predicted molar refractivity (Wildman–Crippen MR) is 152 cm³/mol. The van der Waals surface area contributed by atoms with Gasteiger partial charge in [-0.3, -0.25) is 28.8 Å². The van der Waals surface area contributed by atoms with Gasteiger partial charge in [0, 0.05) is 51.0 Å². The Balaban J connectivity index is 2.04. The Labute approximate surface area is 261 Å². The minimum absolute atomic E-state index is 0.0579. The molecule has 2 fully saturated rings. The van der Waals surface area contributed by atoms with Gasteiger partial charge >= 0.3 is 11.9 Å². The zero-order valence-corrected chi connectivity index (χ0v) is 25.9. The van der Waals surface area contributed by atoms with E-state index in [9.17, 15) is 48.6 Å². The van der Waals surface area contributed by atoms with Crippen molar-refractivity contribution in [2.75, 3.05) is 26.3 Å². The molecular weight excluding hydrogens is 596 g/mol. The van der Waals surface area contributed by atoms with E-state index in [1.54, 1.807) is 13.8 Å². The number of carbonyl (C=O) groups is 8. The lowest BCUT2D eigenvalue weighted by molar-refractivity contribution is -0.198. The molecule has 6 amide bonds. The molecule has 2 atom stereocenters. The molecule has 45 heavy (non-hydrogen) atoms. The van der Waals surface area contributed by atoms with Gasteiger partial charge in [-0.05, 0) is 70.6 Å². The van der Waals surface area contributed by atoms with Crippen molar-refractivity contribution in [2.45, 2.75) is 103 Å². The number of rotatable bonds is 22. The molecule has 0 aromatic rings. The third-order valence-electron chi connectivity index (χ3n) is 8.34. The number of aliphatic hydroxyl groups excluding tert-OH is 2. The lowest BCUT2D eigenvalue weighted by Gasteiger charge is -2.38. The summed E-state index contributed by atoms with van der Waals surface area (Å²) in [6.45, 7) is 2.33. The summed E-state index contributed by atoms with van der Waals surface area (Å²) < 4.78 is 0. The van der Waals surface area contributed by atoms with Crippen LogP contribution in [0.1, 0.15) is 90.9 Å². The molecule has 2 unspecified atom stereocenters. The van der Waals surface area contributed by atoms with Crippen molar-refractivity contribution in [3.05, 3.63) is 0 Å². The second kappa shape index (κ2) is 18.1. The molecule has 2 N–H and O–H groups in total. The molecule has 0 aromatic carbocycles. The number of hydroxylamine groups is 4. The Kier molecular flexibility index (Phi) is 15.0. The standard InChI is InChI=1S/C29H44N4O12/c1-21(30(19-36)17-27(42)44-32-23(38)5-6-24(32)39)9-13-29(11-3-15-34,12-4-16-35)14-10-22(2)31(20-37)18-28(43)45-33-25(40)7-8-26(33)41/h19-22,34-35H,3-18H2,1-2H3. The van der Waals surface area contributed by atoms with Crippen LogP contribution in [0.25, 0.3) is 0 Å². The molecule has 2 saturated heterocycles. The molecule has 16 nitrogen and oxygen atoms in total. The maximum Gasteiger partial charge on any atom is 0.352 e. The number of carbonyl (C=O) groups excluding carboxylic acids is 8. The van der Waals surface area contributed by atoms with Gasteiger partial charge in [-0.15, -0.1) is 10.1 Å². The van der Waals surface area contributed by atoms with Crippen molar-refractivity contribution in [2.24, 2.45) is 5.41 Å². The Morgan fingerprint density at radius 2 is 1.04 bits per heavy atom. The average Bonchev–Trinajstić information content (AvgIpc) is 3.51. The quantitative estimate of drug-likeness (QED) is 0.118. The van der Waals surface area contributed by atoms with Gasteiger partial charge in [0.15, 0.2) is 0 Å². The second-order valence-corrected chi connectivity index (χ2v) is 11.6. The third kappa shape index (κ3) is 11.2. The predicted octanol–water partition coefficient (Wildman–Crippen LogP) is -0.0136. The summed E-state index contributed by atoms with van der Waals surface area (Å²) in [6.07, 6.45) is 4.64. The van der Waals surface area contributed by atoms with Crippen LogP contribution >= 0.6 is 0 Å². The largest absolute Gasteiger partial charge is 0.396 e. The molecule has 16 heteroatoms. The van der Waals surface area contributed by atoms with Crippen LogP contribution in [-0.4, -0.2) is 117 Å². The third-order valence-corrected chi connectivity index (χ3v) is 8.34. The van der Waals surface area contributed by atoms with Crippen molar-refractivity contribution in [1.29, 1.82) is 0 Å². The highest BCUT2D eigenvalue weighted by molar-refractivity contribution is 6.02. The van der Waals surface area contributed by atoms with E-state index in [0.717, 1.165) is 0 Å². The van der Waals surface area contributed by atoms with Gasteiger partial charge in [-0.1, -0.05) is 0 Å². The van der Waals surface area contributed by atoms with Gasteiger partial charge in [0.1, 0.15) is 13.1 Å². The number of imide groups is 2. The van der Waals surface area contributed by atoms with E-state index in [1.165, 1.54) is 9.80 Å². The average molecular weight is 641 g/mol. The maximum atomic E-state index is 12.4. The molecule has 2 heterocycles. The van der Waals surface area contributed by atoms with Crippen molar-refractivity contribution in [3.63, 3.8) is 0 Å². The molecule has 0 bridgehead atoms. The molecule has 2 aliphatic rings. The van der Waals surface area contributed by atoms with Crippen molar-refractivity contribution in [3.8, 4) is 0 Å². The Bertz CT molecular complexity index is 983. The Morgan fingerprint density at radius 3 is 1.33 bits per heavy atom. The summed E-state index contributed by atoms with van der Waals surface area (Å²) >= 11 is 0. The zero-order chi connectivity index (χ0) is 33.6. The molecule has 0 saturated carbocycles. The van der Waals surface area contributed by atoms with Crippen LogP contribution in [0.15, 0.2) is 0 Å². The van der Waals surface area contributed by atoms with Crippen LogP contribution in [0.4, 0.5) is 0 Å². The molecule has 2 rings (SSSR count). The maximum absolute atomic E-state index is 12.4. The summed E-state index contributed by atoms with van der Waals surface area (Å²) in [5.41, 5.74) is -0.444. The van der Waals surface area contributed by atoms with E-state index in [-0.39, 0.29) is 38.9 Å². The van der Waals surface area contributed by atoms with E-state index in [0.29, 0.717) is 74.3 Å². The fourth-order valence-corrected chi connectivity index (χ4v) is 5.49. The van der Waals surface area contributed by atoms with Crippen LogP contribution < -0.4 is 0 Å². The number of aliphatic hydroxyl groups is 2. The minimum Gasteiger partial charge on any atom is -0.396 e. The van der Waals surface area contributed by atoms with E-state index < -0.39 is 66.2 Å². The van der Waals surface area contributed by atoms with E-state index in [4.69, 9.17) is 9.68 Å². The SMILES string of the molecule is CC(CCC(CCCO)(CCCO)CCC(C)N(C=O)CC(=O)ON1C(=O)CCC1=O)N(C=O)CC(=O)ON1C(=O)CCC1=O. The van der Waals surface area contributed by atoms with Crippen LogP contribution in [0.5, 0.6) is 0 Å². The first-order valence-corrected chi connectivity index (χ1v) is 15.2. The van der Waals surface area contributed by atoms with E-state index >= 15 is 0 Å². The normalized spacial score (nSPS) is 16.5. The summed E-state index contributed by atoms with van der Waals surface area (Å²) in [4.78, 5) is 108. The number of amides is 6. The molecule has 0 aromatic heterocycles. The molecule has 0 spiro atoms. The lowest BCUT2D eigenvalue weighted by Crippen LogP contribution is -2.42. The minimum atomic E-state index is -0.941. The monoisotopic (exact) mass is 640 g/mol. The number of hydrogen-bond donors (Lipinski definition) is 2. The van der Waals surface area contributed by atoms with E-state index in [2.05, 4.69) is 0 Å². The van der Waals surface area contributed by atoms with Crippen molar-refractivity contribution in [1.82, 2.24) is 19.9 Å². The van der Waals surface area contributed by atoms with Crippen LogP contribution in [0.2, 0.25) is 0 Å². The Hall–Kier alpha value is -3.92. The number of hydrogen-bond acceptors (Lipinski definition) is 12. The topological polar surface area (TPSA) is 208 Å². The fraction of sp³-hybridized carbons (Fsp3) is 0.724. The lowest BCUT2D eigenvalue weighted by atomic mass is 9.71. The van der Waals surface area contributed by atoms with E-state index in [1.807, 2.05) is 0 Å². The van der Waals surface area contributed by atoms with Gasteiger partial charge in [0.2, 0.25) is 12.8 Å². The van der Waals surface area contributed by atoms with Crippen LogP contribution in [0, 0.1) is 5.41 Å².